The number of methoxy groups -OCH3 is 1. The molecular formula is C27H24N4O6. The number of ether oxygens (including phenoxy) is 2. The van der Waals surface area contributed by atoms with Crippen molar-refractivity contribution in [1.82, 2.24) is 4.90 Å². The van der Waals surface area contributed by atoms with Crippen LogP contribution in [0.15, 0.2) is 77.8 Å². The number of carbonyl (C=O) groups is 4. The number of rotatable bonds is 7. The molecule has 3 N–H and O–H groups in total. The van der Waals surface area contributed by atoms with Crippen LogP contribution in [-0.4, -0.2) is 55.2 Å². The minimum Gasteiger partial charge on any atom is -0.437 e. The first kappa shape index (κ1) is 25.1. The normalized spacial score (nSPS) is 14.4. The largest absolute Gasteiger partial charge is 0.513 e. The molecule has 3 aromatic carbocycles. The Hall–Kier alpha value is -4.99. The number of hydrogen-bond donors (Lipinski definition) is 2. The third kappa shape index (κ3) is 5.64. The minimum absolute atomic E-state index is 0.195. The SMILES string of the molecule is COC(=O)Oc1ccc2c(c1)NC(=O)C2C(=Nc1ccc(C(=O)N(C)CC(N)=O)cc1)c1ccccc1. The van der Waals surface area contributed by atoms with Crippen molar-refractivity contribution in [2.75, 3.05) is 26.0 Å². The van der Waals surface area contributed by atoms with Crippen molar-refractivity contribution in [3.63, 3.8) is 0 Å². The molecule has 0 spiro atoms. The summed E-state index contributed by atoms with van der Waals surface area (Å²) in [4.78, 5) is 54.3. The molecule has 0 aliphatic carbocycles. The maximum absolute atomic E-state index is 13.1. The van der Waals surface area contributed by atoms with Gasteiger partial charge in [0.2, 0.25) is 11.8 Å². The summed E-state index contributed by atoms with van der Waals surface area (Å²) in [5, 5.41) is 2.83. The summed E-state index contributed by atoms with van der Waals surface area (Å²) in [5.74, 6) is -1.75. The summed E-state index contributed by atoms with van der Waals surface area (Å²) in [6.07, 6.45) is -0.866. The molecular weight excluding hydrogens is 476 g/mol. The number of primary amides is 1. The Morgan fingerprint density at radius 2 is 1.70 bits per heavy atom. The molecule has 0 saturated heterocycles. The van der Waals surface area contributed by atoms with Crippen LogP contribution in [0.4, 0.5) is 16.2 Å². The molecule has 1 unspecified atom stereocenters. The molecule has 4 rings (SSSR count). The molecule has 0 fully saturated rings. The standard InChI is InChI=1S/C27H24N4O6/c1-31(15-22(28)32)26(34)17-8-10-18(11-9-17)29-24(16-6-4-3-5-7-16)23-20-13-12-19(37-27(35)36-2)14-21(20)30-25(23)33/h3-14,23H,15H2,1-2H3,(H2,28,32)(H,30,33). The Labute approximate surface area is 212 Å². The van der Waals surface area contributed by atoms with E-state index in [1.165, 1.54) is 19.1 Å². The number of carbonyl (C=O) groups excluding carboxylic acids is 4. The van der Waals surface area contributed by atoms with Crippen molar-refractivity contribution in [2.24, 2.45) is 10.7 Å². The summed E-state index contributed by atoms with van der Waals surface area (Å²) in [6, 6.07) is 20.6. The highest BCUT2D eigenvalue weighted by atomic mass is 16.7. The first-order valence-corrected chi connectivity index (χ1v) is 11.2. The summed E-state index contributed by atoms with van der Waals surface area (Å²) >= 11 is 0. The van der Waals surface area contributed by atoms with Crippen molar-refractivity contribution in [2.45, 2.75) is 5.92 Å². The average Bonchev–Trinajstić information content (AvgIpc) is 3.21. The zero-order chi connectivity index (χ0) is 26.5. The maximum atomic E-state index is 13.1. The van der Waals surface area contributed by atoms with E-state index in [-0.39, 0.29) is 24.1 Å². The molecule has 3 amide bonds. The van der Waals surface area contributed by atoms with Gasteiger partial charge in [-0.15, -0.1) is 0 Å². The van der Waals surface area contributed by atoms with Crippen molar-refractivity contribution >= 4 is 41.0 Å². The minimum atomic E-state index is -0.866. The summed E-state index contributed by atoms with van der Waals surface area (Å²) < 4.78 is 9.59. The maximum Gasteiger partial charge on any atom is 0.513 e. The summed E-state index contributed by atoms with van der Waals surface area (Å²) in [7, 11) is 2.70. The highest BCUT2D eigenvalue weighted by molar-refractivity contribution is 6.24. The van der Waals surface area contributed by atoms with Gasteiger partial charge in [-0.05, 0) is 41.5 Å². The van der Waals surface area contributed by atoms with Crippen molar-refractivity contribution in [3.05, 3.63) is 89.5 Å². The molecule has 10 nitrogen and oxygen atoms in total. The Balaban J connectivity index is 1.69. The average molecular weight is 501 g/mol. The molecule has 0 radical (unpaired) electrons. The van der Waals surface area contributed by atoms with Gasteiger partial charge in [0.25, 0.3) is 5.91 Å². The van der Waals surface area contributed by atoms with Gasteiger partial charge in [0.05, 0.1) is 25.1 Å². The second-order valence-electron chi connectivity index (χ2n) is 8.26. The molecule has 0 saturated carbocycles. The van der Waals surface area contributed by atoms with Gasteiger partial charge in [-0.1, -0.05) is 36.4 Å². The van der Waals surface area contributed by atoms with Crippen LogP contribution in [0.3, 0.4) is 0 Å². The Kier molecular flexibility index (Phi) is 7.28. The first-order chi connectivity index (χ1) is 17.8. The highest BCUT2D eigenvalue weighted by Gasteiger charge is 2.35. The molecule has 0 bridgehead atoms. The molecule has 1 heterocycles. The summed E-state index contributed by atoms with van der Waals surface area (Å²) in [5.41, 5.74) is 8.48. The van der Waals surface area contributed by atoms with Gasteiger partial charge in [-0.25, -0.2) is 4.79 Å². The number of likely N-dealkylation sites (N-methyl/N-ethyl adjacent to an activating group) is 1. The van der Waals surface area contributed by atoms with Crippen molar-refractivity contribution in [1.29, 1.82) is 0 Å². The molecule has 10 heteroatoms. The van der Waals surface area contributed by atoms with Crippen LogP contribution in [0.25, 0.3) is 0 Å². The zero-order valence-corrected chi connectivity index (χ0v) is 20.1. The van der Waals surface area contributed by atoms with E-state index < -0.39 is 18.0 Å². The number of anilines is 1. The second kappa shape index (κ2) is 10.7. The smallest absolute Gasteiger partial charge is 0.437 e. The fraction of sp³-hybridized carbons (Fsp3) is 0.148. The molecule has 3 aromatic rings. The number of benzene rings is 3. The Morgan fingerprint density at radius 1 is 1.00 bits per heavy atom. The molecule has 0 aromatic heterocycles. The third-order valence-corrected chi connectivity index (χ3v) is 5.67. The fourth-order valence-electron chi connectivity index (χ4n) is 3.96. The first-order valence-electron chi connectivity index (χ1n) is 11.2. The molecule has 188 valence electrons. The predicted molar refractivity (Wildman–Crippen MR) is 136 cm³/mol. The third-order valence-electron chi connectivity index (χ3n) is 5.67. The molecule has 1 aliphatic heterocycles. The number of nitrogens with zero attached hydrogens (tertiary/aromatic N) is 2. The van der Waals surface area contributed by atoms with Crippen LogP contribution in [0.1, 0.15) is 27.4 Å². The van der Waals surface area contributed by atoms with Gasteiger partial charge in [0.1, 0.15) is 11.7 Å². The van der Waals surface area contributed by atoms with Gasteiger partial charge in [0.15, 0.2) is 0 Å². The lowest BCUT2D eigenvalue weighted by Crippen LogP contribution is -2.35. The molecule has 1 atom stereocenters. The van der Waals surface area contributed by atoms with Crippen LogP contribution in [0.2, 0.25) is 0 Å². The number of nitrogens with two attached hydrogens (primary N) is 1. The van der Waals surface area contributed by atoms with Gasteiger partial charge in [-0.2, -0.15) is 0 Å². The number of amides is 3. The van der Waals surface area contributed by atoms with E-state index in [4.69, 9.17) is 15.5 Å². The van der Waals surface area contributed by atoms with E-state index in [1.54, 1.807) is 42.5 Å². The highest BCUT2D eigenvalue weighted by Crippen LogP contribution is 2.38. The van der Waals surface area contributed by atoms with E-state index in [2.05, 4.69) is 10.1 Å². The zero-order valence-electron chi connectivity index (χ0n) is 20.1. The van der Waals surface area contributed by atoms with Crippen LogP contribution in [0.5, 0.6) is 5.75 Å². The molecule has 37 heavy (non-hydrogen) atoms. The van der Waals surface area contributed by atoms with Crippen LogP contribution < -0.4 is 15.8 Å². The molecule has 1 aliphatic rings. The monoisotopic (exact) mass is 500 g/mol. The van der Waals surface area contributed by atoms with Crippen LogP contribution in [-0.2, 0) is 14.3 Å². The van der Waals surface area contributed by atoms with Gasteiger partial charge < -0.3 is 25.4 Å². The lowest BCUT2D eigenvalue weighted by Gasteiger charge is -2.16. The van der Waals surface area contributed by atoms with E-state index in [1.807, 2.05) is 30.3 Å². The number of fused-ring (bicyclic) bond motifs is 1. The van der Waals surface area contributed by atoms with Gasteiger partial charge in [0, 0.05) is 24.4 Å². The van der Waals surface area contributed by atoms with E-state index in [9.17, 15) is 19.2 Å². The van der Waals surface area contributed by atoms with E-state index in [0.29, 0.717) is 28.2 Å². The quantitative estimate of drug-likeness (QED) is 0.290. The lowest BCUT2D eigenvalue weighted by atomic mass is 9.90. The van der Waals surface area contributed by atoms with Crippen molar-refractivity contribution < 1.29 is 28.7 Å². The topological polar surface area (TPSA) is 140 Å². The van der Waals surface area contributed by atoms with Crippen LogP contribution >= 0.6 is 0 Å². The van der Waals surface area contributed by atoms with Crippen LogP contribution in [0, 0.1) is 0 Å². The fourth-order valence-corrected chi connectivity index (χ4v) is 3.96. The lowest BCUT2D eigenvalue weighted by molar-refractivity contribution is -0.118. The number of hydrogen-bond acceptors (Lipinski definition) is 7. The number of nitrogens with one attached hydrogen (secondary N) is 1. The van der Waals surface area contributed by atoms with E-state index in [0.717, 1.165) is 5.56 Å². The second-order valence-corrected chi connectivity index (χ2v) is 8.26. The van der Waals surface area contributed by atoms with Gasteiger partial charge >= 0.3 is 6.16 Å². The van der Waals surface area contributed by atoms with Gasteiger partial charge in [-0.3, -0.25) is 19.4 Å². The van der Waals surface area contributed by atoms with E-state index >= 15 is 0 Å². The Bertz CT molecular complexity index is 1390. The number of aliphatic imine (C=N–C) groups is 1. The van der Waals surface area contributed by atoms with Crippen molar-refractivity contribution in [3.8, 4) is 5.75 Å². The predicted octanol–water partition coefficient (Wildman–Crippen LogP) is 3.25. The summed E-state index contributed by atoms with van der Waals surface area (Å²) in [6.45, 7) is -0.195. The Morgan fingerprint density at radius 3 is 2.35 bits per heavy atom.